The minimum Gasteiger partial charge on any atom is -0.371 e. The monoisotopic (exact) mass is 406 g/mol. The number of piperidine rings is 1. The minimum absolute atomic E-state index is 0.249. The molecule has 0 N–H and O–H groups in total. The third-order valence-electron chi connectivity index (χ3n) is 5.93. The van der Waals surface area contributed by atoms with Crippen molar-refractivity contribution in [3.63, 3.8) is 0 Å². The third kappa shape index (κ3) is 3.06. The average Bonchev–Trinajstić information content (AvgIpc) is 3.04. The van der Waals surface area contributed by atoms with Crippen LogP contribution in [0.1, 0.15) is 18.4 Å². The first kappa shape index (κ1) is 18.1. The molecule has 1 fully saturated rings. The highest BCUT2D eigenvalue weighted by atomic mass is 32.2. The maximum atomic E-state index is 12.4. The number of hydrogen-bond acceptors (Lipinski definition) is 5. The summed E-state index contributed by atoms with van der Waals surface area (Å²) in [6.45, 7) is 1.81. The molecule has 0 spiro atoms. The van der Waals surface area contributed by atoms with E-state index in [-0.39, 0.29) is 6.04 Å². The molecule has 2 aliphatic heterocycles. The Morgan fingerprint density at radius 3 is 2.55 bits per heavy atom. The molecular formula is C22H22N4O2S. The summed E-state index contributed by atoms with van der Waals surface area (Å²) in [5.74, 6) is 0.563. The summed E-state index contributed by atoms with van der Waals surface area (Å²) < 4.78 is 28.8. The number of benzene rings is 2. The highest BCUT2D eigenvalue weighted by Gasteiger charge is 2.34. The number of fused-ring (bicyclic) bond motifs is 2. The van der Waals surface area contributed by atoms with Crippen molar-refractivity contribution in [3.8, 4) is 0 Å². The van der Waals surface area contributed by atoms with Gasteiger partial charge in [-0.3, -0.25) is 4.98 Å². The molecule has 0 unspecified atom stereocenters. The van der Waals surface area contributed by atoms with Crippen molar-refractivity contribution in [3.05, 3.63) is 66.4 Å². The summed E-state index contributed by atoms with van der Waals surface area (Å²) in [5.41, 5.74) is 2.92. The fourth-order valence-electron chi connectivity index (χ4n) is 4.37. The van der Waals surface area contributed by atoms with Crippen LogP contribution in [0, 0.1) is 0 Å². The number of amidine groups is 1. The molecule has 3 heterocycles. The van der Waals surface area contributed by atoms with E-state index in [1.807, 2.05) is 48.5 Å². The molecule has 0 aliphatic carbocycles. The number of rotatable bonds is 2. The van der Waals surface area contributed by atoms with E-state index in [0.717, 1.165) is 31.4 Å². The van der Waals surface area contributed by atoms with Gasteiger partial charge >= 0.3 is 0 Å². The van der Waals surface area contributed by atoms with Gasteiger partial charge in [0.1, 0.15) is 4.90 Å². The van der Waals surface area contributed by atoms with Crippen molar-refractivity contribution < 1.29 is 8.42 Å². The van der Waals surface area contributed by atoms with Crippen LogP contribution < -0.4 is 4.90 Å². The van der Waals surface area contributed by atoms with Gasteiger partial charge in [-0.05, 0) is 37.1 Å². The van der Waals surface area contributed by atoms with Gasteiger partial charge in [0, 0.05) is 49.0 Å². The largest absolute Gasteiger partial charge is 0.371 e. The van der Waals surface area contributed by atoms with Gasteiger partial charge in [-0.15, -0.1) is 4.40 Å². The van der Waals surface area contributed by atoms with Crippen LogP contribution in [0.2, 0.25) is 0 Å². The molecule has 0 radical (unpaired) electrons. The van der Waals surface area contributed by atoms with E-state index in [4.69, 9.17) is 0 Å². The molecule has 3 aromatic rings. The predicted molar refractivity (Wildman–Crippen MR) is 115 cm³/mol. The van der Waals surface area contributed by atoms with Crippen LogP contribution in [0.4, 0.5) is 5.69 Å². The highest BCUT2D eigenvalue weighted by Crippen LogP contribution is 2.31. The maximum Gasteiger partial charge on any atom is 0.285 e. The molecule has 0 bridgehead atoms. The van der Waals surface area contributed by atoms with Gasteiger partial charge in [-0.25, -0.2) is 0 Å². The standard InChI is InChI=1S/C22H22N4O2S/c1-25(22-18-7-3-5-9-21(18)29(27,28)24-22)16-11-14-26(15-12-16)20-10-13-23-19-8-4-2-6-17(19)20/h2-10,13,16H,11-12,14-15H2,1H3. The zero-order valence-corrected chi connectivity index (χ0v) is 17.0. The van der Waals surface area contributed by atoms with Crippen molar-refractivity contribution >= 4 is 32.4 Å². The van der Waals surface area contributed by atoms with E-state index in [0.29, 0.717) is 16.3 Å². The zero-order chi connectivity index (χ0) is 20.0. The van der Waals surface area contributed by atoms with E-state index in [2.05, 4.69) is 26.4 Å². The molecule has 5 rings (SSSR count). The SMILES string of the molecule is CN(C1=NS(=O)(=O)c2ccccc21)C1CCN(c2ccnc3ccccc23)CC1. The summed E-state index contributed by atoms with van der Waals surface area (Å²) in [4.78, 5) is 9.21. The lowest BCUT2D eigenvalue weighted by Gasteiger charge is -2.39. The lowest BCUT2D eigenvalue weighted by atomic mass is 10.0. The normalized spacial score (nSPS) is 18.5. The number of pyridine rings is 1. The summed E-state index contributed by atoms with van der Waals surface area (Å²) in [7, 11) is -1.63. The van der Waals surface area contributed by atoms with Crippen molar-refractivity contribution in [2.75, 3.05) is 25.0 Å². The lowest BCUT2D eigenvalue weighted by molar-refractivity contribution is 0.306. The Bertz CT molecular complexity index is 1210. The molecule has 0 atom stereocenters. The molecular weight excluding hydrogens is 384 g/mol. The van der Waals surface area contributed by atoms with Crippen LogP contribution in [0.5, 0.6) is 0 Å². The first-order valence-corrected chi connectivity index (χ1v) is 11.2. The number of hydrogen-bond donors (Lipinski definition) is 0. The van der Waals surface area contributed by atoms with Crippen LogP contribution in [0.3, 0.4) is 0 Å². The predicted octanol–water partition coefficient (Wildman–Crippen LogP) is 3.28. The van der Waals surface area contributed by atoms with Gasteiger partial charge in [-0.2, -0.15) is 8.42 Å². The van der Waals surface area contributed by atoms with Crippen molar-refractivity contribution in [2.24, 2.45) is 4.40 Å². The molecule has 29 heavy (non-hydrogen) atoms. The van der Waals surface area contributed by atoms with E-state index in [1.54, 1.807) is 12.1 Å². The average molecular weight is 407 g/mol. The first-order valence-electron chi connectivity index (χ1n) is 9.80. The second kappa shape index (κ2) is 6.84. The van der Waals surface area contributed by atoms with Gasteiger partial charge in [0.25, 0.3) is 10.0 Å². The van der Waals surface area contributed by atoms with Gasteiger partial charge in [0.15, 0.2) is 5.84 Å². The van der Waals surface area contributed by atoms with Crippen LogP contribution >= 0.6 is 0 Å². The highest BCUT2D eigenvalue weighted by molar-refractivity contribution is 7.90. The minimum atomic E-state index is -3.59. The summed E-state index contributed by atoms with van der Waals surface area (Å²) in [6.07, 6.45) is 3.74. The molecule has 7 heteroatoms. The zero-order valence-electron chi connectivity index (χ0n) is 16.2. The van der Waals surface area contributed by atoms with E-state index in [1.165, 1.54) is 11.1 Å². The van der Waals surface area contributed by atoms with E-state index >= 15 is 0 Å². The van der Waals surface area contributed by atoms with Gasteiger partial charge in [0.2, 0.25) is 0 Å². The molecule has 1 saturated heterocycles. The van der Waals surface area contributed by atoms with Crippen LogP contribution in [0.15, 0.2) is 70.1 Å². The van der Waals surface area contributed by atoms with E-state index in [9.17, 15) is 8.42 Å². The van der Waals surface area contributed by atoms with Gasteiger partial charge in [-0.1, -0.05) is 30.3 Å². The lowest BCUT2D eigenvalue weighted by Crippen LogP contribution is -2.45. The number of nitrogens with zero attached hydrogens (tertiary/aromatic N) is 4. The van der Waals surface area contributed by atoms with Crippen molar-refractivity contribution in [2.45, 2.75) is 23.8 Å². The Morgan fingerprint density at radius 2 is 1.72 bits per heavy atom. The summed E-state index contributed by atoms with van der Waals surface area (Å²) in [5, 5.41) is 1.17. The molecule has 2 aliphatic rings. The molecule has 148 valence electrons. The fourth-order valence-corrected chi connectivity index (χ4v) is 5.61. The fraction of sp³-hybridized carbons (Fsp3) is 0.273. The molecule has 0 saturated carbocycles. The topological polar surface area (TPSA) is 65.9 Å². The second-order valence-corrected chi connectivity index (χ2v) is 9.14. The maximum absolute atomic E-state index is 12.4. The van der Waals surface area contributed by atoms with Crippen LogP contribution in [0.25, 0.3) is 10.9 Å². The van der Waals surface area contributed by atoms with Crippen LogP contribution in [-0.4, -0.2) is 50.3 Å². The number of para-hydroxylation sites is 1. The van der Waals surface area contributed by atoms with Crippen molar-refractivity contribution in [1.29, 1.82) is 0 Å². The molecule has 0 amide bonds. The van der Waals surface area contributed by atoms with Gasteiger partial charge < -0.3 is 9.80 Å². The Labute approximate surface area is 170 Å². The first-order chi connectivity index (χ1) is 14.0. The smallest absolute Gasteiger partial charge is 0.285 e. The summed E-state index contributed by atoms with van der Waals surface area (Å²) >= 11 is 0. The summed E-state index contributed by atoms with van der Waals surface area (Å²) in [6, 6.07) is 17.6. The van der Waals surface area contributed by atoms with Gasteiger partial charge in [0.05, 0.1) is 5.52 Å². The Kier molecular flexibility index (Phi) is 4.28. The Balaban J connectivity index is 1.36. The van der Waals surface area contributed by atoms with Crippen LogP contribution in [-0.2, 0) is 10.0 Å². The number of anilines is 1. The second-order valence-electron chi connectivity index (χ2n) is 7.56. The quantitative estimate of drug-likeness (QED) is 0.653. The molecule has 1 aromatic heterocycles. The Hall–Kier alpha value is -2.93. The molecule has 6 nitrogen and oxygen atoms in total. The number of aromatic nitrogens is 1. The van der Waals surface area contributed by atoms with E-state index < -0.39 is 10.0 Å². The third-order valence-corrected chi connectivity index (χ3v) is 7.25. The number of sulfonamides is 1. The molecule has 2 aromatic carbocycles. The van der Waals surface area contributed by atoms with Crippen molar-refractivity contribution in [1.82, 2.24) is 9.88 Å². The Morgan fingerprint density at radius 1 is 1.00 bits per heavy atom.